The van der Waals surface area contributed by atoms with Gasteiger partial charge in [0.1, 0.15) is 6.33 Å². The quantitative estimate of drug-likeness (QED) is 0.838. The minimum Gasteiger partial charge on any atom is -0.379 e. The maximum atomic E-state index is 12.8. The SMILES string of the molecule is CCC(C)(CNC(=O)c1ccccc1-n1cnnn1)N1CCOCC1. The number of morpholine rings is 1. The van der Waals surface area contributed by atoms with Gasteiger partial charge < -0.3 is 10.1 Å². The zero-order valence-corrected chi connectivity index (χ0v) is 14.7. The number of para-hydroxylation sites is 1. The van der Waals surface area contributed by atoms with Crippen LogP contribution >= 0.6 is 0 Å². The summed E-state index contributed by atoms with van der Waals surface area (Å²) in [6, 6.07) is 7.30. The molecule has 1 fully saturated rings. The number of tetrazole rings is 1. The van der Waals surface area contributed by atoms with Crippen molar-refractivity contribution in [1.82, 2.24) is 30.4 Å². The molecule has 0 spiro atoms. The topological polar surface area (TPSA) is 85.2 Å². The van der Waals surface area contributed by atoms with E-state index in [2.05, 4.69) is 39.6 Å². The second-order valence-corrected chi connectivity index (χ2v) is 6.40. The van der Waals surface area contributed by atoms with E-state index in [0.717, 1.165) is 32.7 Å². The van der Waals surface area contributed by atoms with E-state index >= 15 is 0 Å². The van der Waals surface area contributed by atoms with E-state index in [4.69, 9.17) is 4.74 Å². The van der Waals surface area contributed by atoms with Crippen LogP contribution in [0.15, 0.2) is 30.6 Å². The van der Waals surface area contributed by atoms with Gasteiger partial charge in [-0.1, -0.05) is 19.1 Å². The maximum absolute atomic E-state index is 12.8. The smallest absolute Gasteiger partial charge is 0.253 e. The van der Waals surface area contributed by atoms with Crippen molar-refractivity contribution in [1.29, 1.82) is 0 Å². The Kier molecular flexibility index (Phi) is 5.40. The Balaban J connectivity index is 1.72. The summed E-state index contributed by atoms with van der Waals surface area (Å²) < 4.78 is 6.94. The molecule has 134 valence electrons. The Morgan fingerprint density at radius 3 is 2.76 bits per heavy atom. The first-order chi connectivity index (χ1) is 12.1. The molecule has 8 heteroatoms. The van der Waals surface area contributed by atoms with E-state index in [1.807, 2.05) is 18.2 Å². The number of carbonyl (C=O) groups excluding carboxylic acids is 1. The standard InChI is InChI=1S/C17H24N6O2/c1-3-17(2,22-8-10-25-11-9-22)12-18-16(24)14-6-4-5-7-15(14)23-13-19-20-21-23/h4-7,13H,3,8-12H2,1-2H3,(H,18,24). The van der Waals surface area contributed by atoms with Gasteiger partial charge in [-0.3, -0.25) is 9.69 Å². The van der Waals surface area contributed by atoms with Gasteiger partial charge in [-0.05, 0) is 35.9 Å². The highest BCUT2D eigenvalue weighted by Gasteiger charge is 2.32. The van der Waals surface area contributed by atoms with E-state index in [9.17, 15) is 4.79 Å². The molecule has 25 heavy (non-hydrogen) atoms. The van der Waals surface area contributed by atoms with Crippen molar-refractivity contribution in [3.8, 4) is 5.69 Å². The lowest BCUT2D eigenvalue weighted by atomic mass is 9.95. The molecule has 3 rings (SSSR count). The Morgan fingerprint density at radius 1 is 1.32 bits per heavy atom. The van der Waals surface area contributed by atoms with Crippen LogP contribution < -0.4 is 5.32 Å². The van der Waals surface area contributed by atoms with E-state index < -0.39 is 0 Å². The first-order valence-electron chi connectivity index (χ1n) is 8.57. The van der Waals surface area contributed by atoms with Crippen LogP contribution in [-0.2, 0) is 4.74 Å². The number of aromatic nitrogens is 4. The van der Waals surface area contributed by atoms with Crippen molar-refractivity contribution in [3.05, 3.63) is 36.2 Å². The predicted octanol–water partition coefficient (Wildman–Crippen LogP) is 0.893. The zero-order valence-electron chi connectivity index (χ0n) is 14.7. The van der Waals surface area contributed by atoms with Crippen LogP contribution in [0.4, 0.5) is 0 Å². The van der Waals surface area contributed by atoms with E-state index in [1.54, 1.807) is 6.07 Å². The maximum Gasteiger partial charge on any atom is 0.253 e. The fourth-order valence-electron chi connectivity index (χ4n) is 3.07. The number of carbonyl (C=O) groups is 1. The summed E-state index contributed by atoms with van der Waals surface area (Å²) in [7, 11) is 0. The fourth-order valence-corrected chi connectivity index (χ4v) is 3.07. The number of nitrogens with zero attached hydrogens (tertiary/aromatic N) is 5. The molecule has 0 radical (unpaired) electrons. The molecular formula is C17H24N6O2. The van der Waals surface area contributed by atoms with E-state index in [1.165, 1.54) is 11.0 Å². The van der Waals surface area contributed by atoms with Gasteiger partial charge >= 0.3 is 0 Å². The first-order valence-corrected chi connectivity index (χ1v) is 8.57. The lowest BCUT2D eigenvalue weighted by Crippen LogP contribution is -2.56. The van der Waals surface area contributed by atoms with Crippen LogP contribution in [0.25, 0.3) is 5.69 Å². The summed E-state index contributed by atoms with van der Waals surface area (Å²) >= 11 is 0. The third-order valence-corrected chi connectivity index (χ3v) is 4.91. The molecule has 1 unspecified atom stereocenters. The summed E-state index contributed by atoms with van der Waals surface area (Å²) in [5, 5.41) is 14.3. The van der Waals surface area contributed by atoms with E-state index in [0.29, 0.717) is 17.8 Å². The van der Waals surface area contributed by atoms with Crippen molar-refractivity contribution in [2.24, 2.45) is 0 Å². The molecule has 1 N–H and O–H groups in total. The van der Waals surface area contributed by atoms with Crippen LogP contribution in [0, 0.1) is 0 Å². The molecule has 1 saturated heterocycles. The number of hydrogen-bond acceptors (Lipinski definition) is 6. The molecule has 2 aromatic rings. The molecule has 0 bridgehead atoms. The van der Waals surface area contributed by atoms with Crippen molar-refractivity contribution >= 4 is 5.91 Å². The van der Waals surface area contributed by atoms with Gasteiger partial charge in [0.05, 0.1) is 24.5 Å². The minimum atomic E-state index is -0.126. The Hall–Kier alpha value is -2.32. The lowest BCUT2D eigenvalue weighted by molar-refractivity contribution is -0.0169. The monoisotopic (exact) mass is 344 g/mol. The van der Waals surface area contributed by atoms with Crippen LogP contribution in [0.2, 0.25) is 0 Å². The average Bonchev–Trinajstić information content (AvgIpc) is 3.21. The zero-order chi connectivity index (χ0) is 17.7. The van der Waals surface area contributed by atoms with Crippen molar-refractivity contribution in [3.63, 3.8) is 0 Å². The van der Waals surface area contributed by atoms with Crippen LogP contribution in [0.1, 0.15) is 30.6 Å². The summed E-state index contributed by atoms with van der Waals surface area (Å²) in [6.07, 6.45) is 2.43. The second-order valence-electron chi connectivity index (χ2n) is 6.40. The molecule has 0 aliphatic carbocycles. The molecule has 2 heterocycles. The number of rotatable bonds is 6. The molecular weight excluding hydrogens is 320 g/mol. The number of amides is 1. The van der Waals surface area contributed by atoms with Crippen molar-refractivity contribution in [2.75, 3.05) is 32.8 Å². The normalized spacial score (nSPS) is 17.8. The summed E-state index contributed by atoms with van der Waals surface area (Å²) in [5.41, 5.74) is 1.12. The number of ether oxygens (including phenoxy) is 1. The number of hydrogen-bond donors (Lipinski definition) is 1. The third-order valence-electron chi connectivity index (χ3n) is 4.91. The molecule has 1 atom stereocenters. The van der Waals surface area contributed by atoms with Gasteiger partial charge in [0.15, 0.2) is 0 Å². The van der Waals surface area contributed by atoms with E-state index in [-0.39, 0.29) is 11.4 Å². The van der Waals surface area contributed by atoms with Crippen LogP contribution in [0.3, 0.4) is 0 Å². The van der Waals surface area contributed by atoms with Crippen molar-refractivity contribution in [2.45, 2.75) is 25.8 Å². The molecule has 1 aliphatic rings. The number of nitrogens with one attached hydrogen (secondary N) is 1. The van der Waals surface area contributed by atoms with Gasteiger partial charge in [-0.15, -0.1) is 5.10 Å². The second kappa shape index (κ2) is 7.71. The van der Waals surface area contributed by atoms with Gasteiger partial charge in [0, 0.05) is 25.2 Å². The Labute approximate surface area is 147 Å². The first kappa shape index (κ1) is 17.5. The van der Waals surface area contributed by atoms with Gasteiger partial charge in [-0.25, -0.2) is 0 Å². The van der Waals surface area contributed by atoms with Gasteiger partial charge in [-0.2, -0.15) is 4.68 Å². The van der Waals surface area contributed by atoms with Gasteiger partial charge in [0.2, 0.25) is 0 Å². The average molecular weight is 344 g/mol. The van der Waals surface area contributed by atoms with Gasteiger partial charge in [0.25, 0.3) is 5.91 Å². The van der Waals surface area contributed by atoms with Crippen LogP contribution in [0.5, 0.6) is 0 Å². The molecule has 8 nitrogen and oxygen atoms in total. The Bertz CT molecular complexity index is 699. The number of benzene rings is 1. The third kappa shape index (κ3) is 3.85. The highest BCUT2D eigenvalue weighted by atomic mass is 16.5. The molecule has 0 saturated carbocycles. The fraction of sp³-hybridized carbons (Fsp3) is 0.529. The summed E-state index contributed by atoms with van der Waals surface area (Å²) in [5.74, 6) is -0.126. The Morgan fingerprint density at radius 2 is 2.08 bits per heavy atom. The highest BCUT2D eigenvalue weighted by Crippen LogP contribution is 2.20. The van der Waals surface area contributed by atoms with Crippen LogP contribution in [-0.4, -0.2) is 69.4 Å². The largest absolute Gasteiger partial charge is 0.379 e. The lowest BCUT2D eigenvalue weighted by Gasteiger charge is -2.43. The predicted molar refractivity (Wildman–Crippen MR) is 92.6 cm³/mol. The molecule has 1 amide bonds. The molecule has 1 aromatic heterocycles. The van der Waals surface area contributed by atoms with Crippen molar-refractivity contribution < 1.29 is 9.53 Å². The minimum absolute atomic E-state index is 0.0941. The molecule has 1 aliphatic heterocycles. The summed E-state index contributed by atoms with van der Waals surface area (Å²) in [4.78, 5) is 15.2. The molecule has 1 aromatic carbocycles. The summed E-state index contributed by atoms with van der Waals surface area (Å²) in [6.45, 7) is 8.18. The highest BCUT2D eigenvalue weighted by molar-refractivity contribution is 5.97.